The summed E-state index contributed by atoms with van der Waals surface area (Å²) in [5.41, 5.74) is 0.932. The van der Waals surface area contributed by atoms with Crippen molar-refractivity contribution >= 4 is 10.9 Å². The first kappa shape index (κ1) is 7.91. The Kier molecular flexibility index (Phi) is 1.62. The molecule has 0 aliphatic carbocycles. The number of pyridine rings is 1. The lowest BCUT2D eigenvalue weighted by molar-refractivity contribution is -0.904. The fourth-order valence-electron chi connectivity index (χ4n) is 1.43. The van der Waals surface area contributed by atoms with Gasteiger partial charge < -0.3 is 9.30 Å². The summed E-state index contributed by atoms with van der Waals surface area (Å²) in [4.78, 5) is 0. The van der Waals surface area contributed by atoms with Gasteiger partial charge in [0.05, 0.1) is 12.5 Å². The van der Waals surface area contributed by atoms with E-state index in [1.165, 1.54) is 6.20 Å². The van der Waals surface area contributed by atoms with Crippen LogP contribution in [0.4, 0.5) is 0 Å². The number of nitrogens with zero attached hydrogens (tertiary/aromatic N) is 2. The van der Waals surface area contributed by atoms with E-state index in [2.05, 4.69) is 0 Å². The van der Waals surface area contributed by atoms with Gasteiger partial charge in [-0.15, -0.1) is 0 Å². The van der Waals surface area contributed by atoms with Gasteiger partial charge in [-0.2, -0.15) is 0 Å². The summed E-state index contributed by atoms with van der Waals surface area (Å²) >= 11 is 0. The van der Waals surface area contributed by atoms with E-state index in [0.29, 0.717) is 5.75 Å². The van der Waals surface area contributed by atoms with Crippen molar-refractivity contribution < 1.29 is 14.7 Å². The molecule has 2 aromatic heterocycles. The number of fused-ring (bicyclic) bond motifs is 1. The van der Waals surface area contributed by atoms with E-state index >= 15 is 0 Å². The highest BCUT2D eigenvalue weighted by Gasteiger charge is 2.11. The van der Waals surface area contributed by atoms with Gasteiger partial charge in [-0.3, -0.25) is 5.21 Å². The highest BCUT2D eigenvalue weighted by Crippen LogP contribution is 2.22. The molecular formula is C9H11N2O2+. The first-order valence-electron chi connectivity index (χ1n) is 3.96. The van der Waals surface area contributed by atoms with Crippen LogP contribution >= 0.6 is 0 Å². The lowest BCUT2D eigenvalue weighted by Gasteiger charge is -1.98. The Morgan fingerprint density at radius 2 is 2.23 bits per heavy atom. The molecule has 1 N–H and O–H groups in total. The summed E-state index contributed by atoms with van der Waals surface area (Å²) in [6.45, 7) is 0. The van der Waals surface area contributed by atoms with Crippen molar-refractivity contribution in [2.75, 3.05) is 7.11 Å². The van der Waals surface area contributed by atoms with Crippen LogP contribution in [0, 0.1) is 0 Å². The molecule has 13 heavy (non-hydrogen) atoms. The lowest BCUT2D eigenvalue weighted by Crippen LogP contribution is -2.28. The fraction of sp³-hybridized carbons (Fsp3) is 0.222. The third-order valence-corrected chi connectivity index (χ3v) is 2.11. The Morgan fingerprint density at radius 3 is 2.92 bits per heavy atom. The fourth-order valence-corrected chi connectivity index (χ4v) is 1.43. The Labute approximate surface area is 75.6 Å². The van der Waals surface area contributed by atoms with Crippen molar-refractivity contribution in [1.82, 2.24) is 4.57 Å². The highest BCUT2D eigenvalue weighted by atomic mass is 16.5. The molecule has 68 valence electrons. The van der Waals surface area contributed by atoms with Crippen LogP contribution in [0.1, 0.15) is 0 Å². The summed E-state index contributed by atoms with van der Waals surface area (Å²) in [5, 5.41) is 10.3. The molecule has 0 saturated heterocycles. The number of ether oxygens (including phenoxy) is 1. The van der Waals surface area contributed by atoms with Gasteiger partial charge in [-0.1, -0.05) is 0 Å². The molecule has 0 atom stereocenters. The Bertz CT molecular complexity index is 448. The maximum Gasteiger partial charge on any atom is 0.264 e. The standard InChI is InChI=1S/C9H11N2O2/c1-10-4-3-7-8(10)5-11(12)6-9(7)13-2/h3-6,12H,1-2H3/q+1. The minimum Gasteiger partial charge on any atom is -0.490 e. The van der Waals surface area contributed by atoms with E-state index in [4.69, 9.17) is 4.74 Å². The van der Waals surface area contributed by atoms with Crippen LogP contribution in [0.3, 0.4) is 0 Å². The van der Waals surface area contributed by atoms with Crippen molar-refractivity contribution in [3.8, 4) is 5.75 Å². The molecule has 4 heteroatoms. The SMILES string of the molecule is COc1c[n+](O)cc2c1ccn2C. The maximum atomic E-state index is 9.31. The zero-order valence-corrected chi connectivity index (χ0v) is 7.56. The second-order valence-electron chi connectivity index (χ2n) is 2.93. The van der Waals surface area contributed by atoms with Gasteiger partial charge >= 0.3 is 0 Å². The molecular weight excluding hydrogens is 168 g/mol. The number of hydrogen-bond acceptors (Lipinski definition) is 2. The van der Waals surface area contributed by atoms with Crippen LogP contribution in [-0.2, 0) is 7.05 Å². The molecule has 2 rings (SSSR count). The number of hydrogen-bond donors (Lipinski definition) is 1. The first-order chi connectivity index (χ1) is 6.22. The molecule has 0 fully saturated rings. The highest BCUT2D eigenvalue weighted by molar-refractivity contribution is 5.84. The van der Waals surface area contributed by atoms with Crippen molar-refractivity contribution in [1.29, 1.82) is 0 Å². The van der Waals surface area contributed by atoms with Gasteiger partial charge in [0.15, 0.2) is 5.75 Å². The summed E-state index contributed by atoms with van der Waals surface area (Å²) < 4.78 is 8.05. The topological polar surface area (TPSA) is 38.3 Å². The molecule has 0 aliphatic rings. The monoisotopic (exact) mass is 179 g/mol. The summed E-state index contributed by atoms with van der Waals surface area (Å²) in [5.74, 6) is 0.667. The number of aryl methyl sites for hydroxylation is 1. The average Bonchev–Trinajstić information content (AvgIpc) is 2.47. The third kappa shape index (κ3) is 1.11. The van der Waals surface area contributed by atoms with Gasteiger partial charge in [0.25, 0.3) is 6.20 Å². The van der Waals surface area contributed by atoms with E-state index in [-0.39, 0.29) is 0 Å². The zero-order chi connectivity index (χ0) is 9.42. The van der Waals surface area contributed by atoms with Crippen LogP contribution < -0.4 is 9.47 Å². The van der Waals surface area contributed by atoms with E-state index < -0.39 is 0 Å². The number of rotatable bonds is 1. The zero-order valence-electron chi connectivity index (χ0n) is 7.56. The Hall–Kier alpha value is -1.71. The molecule has 4 nitrogen and oxygen atoms in total. The van der Waals surface area contributed by atoms with Crippen LogP contribution in [0.25, 0.3) is 10.9 Å². The number of aromatic nitrogens is 2. The Balaban J connectivity index is 2.84. The molecule has 0 aliphatic heterocycles. The predicted octanol–water partition coefficient (Wildman–Crippen LogP) is 0.712. The normalized spacial score (nSPS) is 10.6. The molecule has 2 heterocycles. The minimum absolute atomic E-state index is 0.667. The molecule has 0 radical (unpaired) electrons. The van der Waals surface area contributed by atoms with Crippen molar-refractivity contribution in [3.05, 3.63) is 24.7 Å². The summed E-state index contributed by atoms with van der Waals surface area (Å²) in [7, 11) is 3.50. The lowest BCUT2D eigenvalue weighted by atomic mass is 10.3. The van der Waals surface area contributed by atoms with E-state index in [0.717, 1.165) is 15.6 Å². The largest absolute Gasteiger partial charge is 0.490 e. The second kappa shape index (κ2) is 2.65. The van der Waals surface area contributed by atoms with Crippen molar-refractivity contribution in [3.63, 3.8) is 0 Å². The molecule has 2 aromatic rings. The Morgan fingerprint density at radius 1 is 1.46 bits per heavy atom. The maximum absolute atomic E-state index is 9.31. The molecule has 0 spiro atoms. The predicted molar refractivity (Wildman–Crippen MR) is 46.9 cm³/mol. The summed E-state index contributed by atoms with van der Waals surface area (Å²) in [6, 6.07) is 1.95. The van der Waals surface area contributed by atoms with Crippen LogP contribution in [-0.4, -0.2) is 16.9 Å². The molecule has 0 aromatic carbocycles. The van der Waals surface area contributed by atoms with Crippen LogP contribution in [0.2, 0.25) is 0 Å². The molecule has 0 bridgehead atoms. The van der Waals surface area contributed by atoms with Gasteiger partial charge in [-0.05, 0) is 6.07 Å². The average molecular weight is 179 g/mol. The molecule has 0 unspecified atom stereocenters. The quantitative estimate of drug-likeness (QED) is 0.517. The number of methoxy groups -OCH3 is 1. The van der Waals surface area contributed by atoms with Gasteiger partial charge in [-0.25, -0.2) is 0 Å². The van der Waals surface area contributed by atoms with Gasteiger partial charge in [0.1, 0.15) is 5.52 Å². The van der Waals surface area contributed by atoms with Crippen LogP contribution in [0.5, 0.6) is 5.75 Å². The van der Waals surface area contributed by atoms with Crippen molar-refractivity contribution in [2.24, 2.45) is 7.05 Å². The van der Waals surface area contributed by atoms with Crippen LogP contribution in [0.15, 0.2) is 24.7 Å². The van der Waals surface area contributed by atoms with E-state index in [9.17, 15) is 5.21 Å². The minimum atomic E-state index is 0.667. The smallest absolute Gasteiger partial charge is 0.264 e. The van der Waals surface area contributed by atoms with Crippen molar-refractivity contribution in [2.45, 2.75) is 0 Å². The molecule has 0 saturated carbocycles. The van der Waals surface area contributed by atoms with E-state index in [1.807, 2.05) is 23.9 Å². The van der Waals surface area contributed by atoms with E-state index in [1.54, 1.807) is 13.3 Å². The second-order valence-corrected chi connectivity index (χ2v) is 2.93. The third-order valence-electron chi connectivity index (χ3n) is 2.11. The first-order valence-corrected chi connectivity index (χ1v) is 3.96. The summed E-state index contributed by atoms with van der Waals surface area (Å²) in [6.07, 6.45) is 5.09. The van der Waals surface area contributed by atoms with Gasteiger partial charge in [0, 0.05) is 18.0 Å². The van der Waals surface area contributed by atoms with Gasteiger partial charge in [0.2, 0.25) is 6.20 Å². The molecule has 0 amide bonds.